The Morgan fingerprint density at radius 1 is 1.19 bits per heavy atom. The average molecular weight is 353 g/mol. The molecule has 3 rings (SSSR count). The number of amides is 2. The van der Waals surface area contributed by atoms with E-state index in [0.29, 0.717) is 17.0 Å². The quantitative estimate of drug-likeness (QED) is 0.636. The molecule has 1 aliphatic carbocycles. The van der Waals surface area contributed by atoms with Crippen LogP contribution in [0.4, 0.5) is 5.69 Å². The van der Waals surface area contributed by atoms with Gasteiger partial charge in [-0.15, -0.1) is 0 Å². The van der Waals surface area contributed by atoms with Crippen molar-refractivity contribution in [3.8, 4) is 0 Å². The summed E-state index contributed by atoms with van der Waals surface area (Å²) in [4.78, 5) is 24.3. The van der Waals surface area contributed by atoms with E-state index in [1.807, 2.05) is 12.1 Å². The third-order valence-corrected chi connectivity index (χ3v) is 4.54. The van der Waals surface area contributed by atoms with Crippen molar-refractivity contribution in [1.29, 1.82) is 0 Å². The molecule has 1 aromatic heterocycles. The molecule has 1 aliphatic rings. The summed E-state index contributed by atoms with van der Waals surface area (Å²) in [6.07, 6.45) is 5.99. The van der Waals surface area contributed by atoms with Crippen LogP contribution in [0.15, 0.2) is 40.0 Å². The van der Waals surface area contributed by atoms with Gasteiger partial charge < -0.3 is 9.73 Å². The minimum absolute atomic E-state index is 0.119. The highest BCUT2D eigenvalue weighted by molar-refractivity contribution is 6.06. The number of hydrogen-bond donors (Lipinski definition) is 2. The molecule has 2 N–H and O–H groups in total. The van der Waals surface area contributed by atoms with E-state index < -0.39 is 0 Å². The highest BCUT2D eigenvalue weighted by atomic mass is 16.3. The second-order valence-electron chi connectivity index (χ2n) is 6.55. The van der Waals surface area contributed by atoms with E-state index in [-0.39, 0.29) is 18.2 Å². The average Bonchev–Trinajstić information content (AvgIpc) is 3.06. The normalized spacial score (nSPS) is 13.8. The first-order chi connectivity index (χ1) is 12.5. The van der Waals surface area contributed by atoms with Gasteiger partial charge in [-0.2, -0.15) is 5.10 Å². The highest BCUT2D eigenvalue weighted by Crippen LogP contribution is 2.27. The van der Waals surface area contributed by atoms with Crippen LogP contribution in [0.1, 0.15) is 53.4 Å². The molecule has 6 nitrogen and oxygen atoms in total. The van der Waals surface area contributed by atoms with Crippen molar-refractivity contribution in [3.05, 3.63) is 53.0 Å². The predicted molar refractivity (Wildman–Crippen MR) is 100 cm³/mol. The van der Waals surface area contributed by atoms with Crippen molar-refractivity contribution in [2.45, 2.75) is 46.0 Å². The number of fused-ring (bicyclic) bond motifs is 1. The van der Waals surface area contributed by atoms with Gasteiger partial charge in [0.25, 0.3) is 5.91 Å². The monoisotopic (exact) mass is 353 g/mol. The van der Waals surface area contributed by atoms with Crippen LogP contribution in [-0.4, -0.2) is 17.5 Å². The van der Waals surface area contributed by atoms with Crippen LogP contribution >= 0.6 is 0 Å². The van der Waals surface area contributed by atoms with Crippen molar-refractivity contribution in [1.82, 2.24) is 5.43 Å². The molecule has 136 valence electrons. The second kappa shape index (κ2) is 7.99. The third kappa shape index (κ3) is 4.20. The lowest BCUT2D eigenvalue weighted by Gasteiger charge is -2.19. The Labute approximate surface area is 152 Å². The van der Waals surface area contributed by atoms with Gasteiger partial charge >= 0.3 is 0 Å². The first-order valence-electron chi connectivity index (χ1n) is 8.83. The van der Waals surface area contributed by atoms with Gasteiger partial charge in [-0.25, -0.2) is 5.43 Å². The molecule has 0 bridgehead atoms. The minimum Gasteiger partial charge on any atom is -0.469 e. The van der Waals surface area contributed by atoms with Crippen molar-refractivity contribution < 1.29 is 14.0 Å². The van der Waals surface area contributed by atoms with Gasteiger partial charge in [0, 0.05) is 11.4 Å². The summed E-state index contributed by atoms with van der Waals surface area (Å²) in [5.41, 5.74) is 6.87. The first-order valence-corrected chi connectivity index (χ1v) is 8.83. The van der Waals surface area contributed by atoms with E-state index in [4.69, 9.17) is 4.42 Å². The molecule has 0 unspecified atom stereocenters. The van der Waals surface area contributed by atoms with Crippen LogP contribution < -0.4 is 10.7 Å². The molecular formula is C20H23N3O3. The SMILES string of the molecule is CC(CC(=O)Nc1cccc2c1CCCC2)=NNC(=O)c1ccoc1C. The van der Waals surface area contributed by atoms with Gasteiger partial charge in [0.15, 0.2) is 0 Å². The summed E-state index contributed by atoms with van der Waals surface area (Å²) in [5, 5.41) is 6.98. The number of nitrogens with zero attached hydrogens (tertiary/aromatic N) is 1. The Bertz CT molecular complexity index is 852. The van der Waals surface area contributed by atoms with E-state index in [1.165, 1.54) is 23.8 Å². The first kappa shape index (κ1) is 17.9. The molecule has 0 aliphatic heterocycles. The summed E-state index contributed by atoms with van der Waals surface area (Å²) in [5.74, 6) is 0.0362. The number of benzene rings is 1. The lowest BCUT2D eigenvalue weighted by molar-refractivity contribution is -0.115. The van der Waals surface area contributed by atoms with Crippen molar-refractivity contribution in [2.24, 2.45) is 5.10 Å². The van der Waals surface area contributed by atoms with Gasteiger partial charge in [-0.05, 0) is 62.8 Å². The molecule has 0 radical (unpaired) electrons. The van der Waals surface area contributed by atoms with Gasteiger partial charge in [0.1, 0.15) is 5.76 Å². The van der Waals surface area contributed by atoms with E-state index in [0.717, 1.165) is 24.9 Å². The molecule has 1 heterocycles. The maximum absolute atomic E-state index is 12.3. The molecule has 0 saturated heterocycles. The fourth-order valence-electron chi connectivity index (χ4n) is 3.19. The molecule has 26 heavy (non-hydrogen) atoms. The lowest BCUT2D eigenvalue weighted by Crippen LogP contribution is -2.22. The van der Waals surface area contributed by atoms with Crippen LogP contribution in [0.5, 0.6) is 0 Å². The number of aryl methyl sites for hydroxylation is 2. The maximum Gasteiger partial charge on any atom is 0.274 e. The predicted octanol–water partition coefficient (Wildman–Crippen LogP) is 3.60. The molecule has 0 saturated carbocycles. The van der Waals surface area contributed by atoms with Crippen LogP contribution in [-0.2, 0) is 17.6 Å². The number of nitrogens with one attached hydrogen (secondary N) is 2. The number of rotatable bonds is 5. The molecule has 0 atom stereocenters. The Morgan fingerprint density at radius 2 is 2.00 bits per heavy atom. The van der Waals surface area contributed by atoms with E-state index in [1.54, 1.807) is 19.9 Å². The van der Waals surface area contributed by atoms with Crippen LogP contribution in [0.3, 0.4) is 0 Å². The van der Waals surface area contributed by atoms with Crippen molar-refractivity contribution in [2.75, 3.05) is 5.32 Å². The third-order valence-electron chi connectivity index (χ3n) is 4.54. The molecular weight excluding hydrogens is 330 g/mol. The maximum atomic E-state index is 12.3. The molecule has 0 fully saturated rings. The second-order valence-corrected chi connectivity index (χ2v) is 6.55. The van der Waals surface area contributed by atoms with Crippen LogP contribution in [0, 0.1) is 6.92 Å². The van der Waals surface area contributed by atoms with Gasteiger partial charge in [0.05, 0.1) is 18.2 Å². The molecule has 6 heteroatoms. The van der Waals surface area contributed by atoms with Gasteiger partial charge in [0.2, 0.25) is 5.91 Å². The summed E-state index contributed by atoms with van der Waals surface area (Å²) in [7, 11) is 0. The number of furan rings is 1. The van der Waals surface area contributed by atoms with Gasteiger partial charge in [-0.1, -0.05) is 12.1 Å². The zero-order valence-electron chi connectivity index (χ0n) is 15.1. The number of anilines is 1. The number of hydrazone groups is 1. The Balaban J connectivity index is 1.58. The molecule has 0 spiro atoms. The zero-order chi connectivity index (χ0) is 18.5. The number of carbonyl (C=O) groups is 2. The van der Waals surface area contributed by atoms with Crippen molar-refractivity contribution >= 4 is 23.2 Å². The Hall–Kier alpha value is -2.89. The summed E-state index contributed by atoms with van der Waals surface area (Å²) in [6.45, 7) is 3.42. The minimum atomic E-state index is -0.354. The fourth-order valence-corrected chi connectivity index (χ4v) is 3.19. The molecule has 1 aromatic carbocycles. The lowest BCUT2D eigenvalue weighted by atomic mass is 9.90. The highest BCUT2D eigenvalue weighted by Gasteiger charge is 2.15. The summed E-state index contributed by atoms with van der Waals surface area (Å²) < 4.78 is 5.10. The number of carbonyl (C=O) groups excluding carboxylic acids is 2. The summed E-state index contributed by atoms with van der Waals surface area (Å²) >= 11 is 0. The Morgan fingerprint density at radius 3 is 2.77 bits per heavy atom. The van der Waals surface area contributed by atoms with Crippen LogP contribution in [0.2, 0.25) is 0 Å². The molecule has 2 amide bonds. The smallest absolute Gasteiger partial charge is 0.274 e. The van der Waals surface area contributed by atoms with E-state index in [9.17, 15) is 9.59 Å². The Kier molecular flexibility index (Phi) is 5.51. The number of hydrogen-bond acceptors (Lipinski definition) is 4. The van der Waals surface area contributed by atoms with Crippen LogP contribution in [0.25, 0.3) is 0 Å². The fraction of sp³-hybridized carbons (Fsp3) is 0.350. The summed E-state index contributed by atoms with van der Waals surface area (Å²) in [6, 6.07) is 7.64. The zero-order valence-corrected chi connectivity index (χ0v) is 15.1. The van der Waals surface area contributed by atoms with Crippen molar-refractivity contribution in [3.63, 3.8) is 0 Å². The molecule has 2 aromatic rings. The largest absolute Gasteiger partial charge is 0.469 e. The topological polar surface area (TPSA) is 83.7 Å². The van der Waals surface area contributed by atoms with E-state index >= 15 is 0 Å². The van der Waals surface area contributed by atoms with Gasteiger partial charge in [-0.3, -0.25) is 9.59 Å². The standard InChI is InChI=1S/C20H23N3O3/c1-13(22-23-20(25)16-10-11-26-14(16)2)12-19(24)21-18-9-5-7-15-6-3-4-8-17(15)18/h5,7,9-11H,3-4,6,8,12H2,1-2H3,(H,21,24)(H,23,25). The van der Waals surface area contributed by atoms with E-state index in [2.05, 4.69) is 21.9 Å².